The molecular weight excluding hydrogens is 296 g/mol. The molecule has 8 nitrogen and oxygen atoms in total. The normalized spacial score (nSPS) is 11.1. The fourth-order valence-electron chi connectivity index (χ4n) is 1.78. The van der Waals surface area contributed by atoms with Gasteiger partial charge in [-0.15, -0.1) is 0 Å². The van der Waals surface area contributed by atoms with E-state index in [4.69, 9.17) is 0 Å². The summed E-state index contributed by atoms with van der Waals surface area (Å²) in [6.07, 6.45) is 1.61. The first kappa shape index (κ1) is 17.2. The Morgan fingerprint density at radius 2 is 1.81 bits per heavy atom. The summed E-state index contributed by atoms with van der Waals surface area (Å²) >= 11 is 0. The molecule has 0 aliphatic rings. The summed E-state index contributed by atoms with van der Waals surface area (Å²) in [7, 11) is -3.20. The summed E-state index contributed by atoms with van der Waals surface area (Å²) in [5.74, 6) is 0. The summed E-state index contributed by atoms with van der Waals surface area (Å²) in [4.78, 5) is 10.7. The maximum atomic E-state index is 11.2. The highest BCUT2D eigenvalue weighted by molar-refractivity contribution is 7.88. The van der Waals surface area contributed by atoms with Crippen molar-refractivity contribution in [1.29, 1.82) is 0 Å². The second-order valence-corrected chi connectivity index (χ2v) is 6.27. The third-order valence-corrected chi connectivity index (χ3v) is 3.35. The zero-order chi connectivity index (χ0) is 15.9. The largest absolute Gasteiger partial charge is 0.380 e. The van der Waals surface area contributed by atoms with E-state index >= 15 is 0 Å². The van der Waals surface area contributed by atoms with Gasteiger partial charge in [0, 0.05) is 19.6 Å². The van der Waals surface area contributed by atoms with Crippen LogP contribution in [0, 0.1) is 10.1 Å². The minimum atomic E-state index is -3.20. The highest BCUT2D eigenvalue weighted by atomic mass is 32.2. The van der Waals surface area contributed by atoms with Crippen molar-refractivity contribution in [3.8, 4) is 0 Å². The maximum Gasteiger partial charge on any atom is 0.315 e. The van der Waals surface area contributed by atoms with Gasteiger partial charge in [0.1, 0.15) is 11.4 Å². The van der Waals surface area contributed by atoms with Crippen molar-refractivity contribution >= 4 is 27.1 Å². The molecule has 118 valence electrons. The van der Waals surface area contributed by atoms with Gasteiger partial charge in [0.2, 0.25) is 10.0 Å². The zero-order valence-electron chi connectivity index (χ0n) is 12.0. The molecule has 1 aromatic carbocycles. The molecule has 1 aromatic rings. The lowest BCUT2D eigenvalue weighted by molar-refractivity contribution is -0.383. The van der Waals surface area contributed by atoms with Gasteiger partial charge in [-0.3, -0.25) is 10.1 Å². The van der Waals surface area contributed by atoms with Crippen LogP contribution in [-0.2, 0) is 10.0 Å². The number of nitro benzene ring substituents is 1. The van der Waals surface area contributed by atoms with Gasteiger partial charge < -0.3 is 10.6 Å². The summed E-state index contributed by atoms with van der Waals surface area (Å²) < 4.78 is 24.2. The molecule has 0 fully saturated rings. The van der Waals surface area contributed by atoms with E-state index in [9.17, 15) is 18.5 Å². The predicted octanol–water partition coefficient (Wildman–Crippen LogP) is 1.38. The molecule has 0 aromatic heterocycles. The van der Waals surface area contributed by atoms with E-state index in [1.165, 1.54) is 0 Å². The molecule has 0 saturated heterocycles. The zero-order valence-corrected chi connectivity index (χ0v) is 12.9. The SMILES string of the molecule is CCNc1cccc(NCCCNS(C)(=O)=O)c1[N+](=O)[O-]. The molecule has 0 aliphatic carbocycles. The van der Waals surface area contributed by atoms with Crippen LogP contribution < -0.4 is 15.4 Å². The maximum absolute atomic E-state index is 11.2. The van der Waals surface area contributed by atoms with Crippen molar-refractivity contribution in [3.05, 3.63) is 28.3 Å². The molecule has 0 spiro atoms. The Morgan fingerprint density at radius 1 is 1.19 bits per heavy atom. The molecule has 0 atom stereocenters. The van der Waals surface area contributed by atoms with Gasteiger partial charge in [0.05, 0.1) is 11.2 Å². The third-order valence-electron chi connectivity index (χ3n) is 2.62. The number of rotatable bonds is 9. The minimum absolute atomic E-state index is 0.00424. The van der Waals surface area contributed by atoms with E-state index in [1.54, 1.807) is 18.2 Å². The third kappa shape index (κ3) is 5.96. The van der Waals surface area contributed by atoms with E-state index in [0.717, 1.165) is 6.26 Å². The number of sulfonamides is 1. The lowest BCUT2D eigenvalue weighted by Gasteiger charge is -2.10. The summed E-state index contributed by atoms with van der Waals surface area (Å²) in [6, 6.07) is 5.00. The first-order chi connectivity index (χ1) is 9.85. The van der Waals surface area contributed by atoms with Crippen molar-refractivity contribution < 1.29 is 13.3 Å². The fraction of sp³-hybridized carbons (Fsp3) is 0.500. The molecule has 0 radical (unpaired) electrons. The quantitative estimate of drug-likeness (QED) is 0.360. The van der Waals surface area contributed by atoms with Gasteiger partial charge in [-0.05, 0) is 25.5 Å². The number of nitrogens with one attached hydrogen (secondary N) is 3. The van der Waals surface area contributed by atoms with Crippen LogP contribution in [0.25, 0.3) is 0 Å². The molecular formula is C12H20N4O4S. The van der Waals surface area contributed by atoms with Gasteiger partial charge in [-0.1, -0.05) is 6.07 Å². The number of hydrogen-bond acceptors (Lipinski definition) is 6. The van der Waals surface area contributed by atoms with Gasteiger partial charge in [0.25, 0.3) is 0 Å². The van der Waals surface area contributed by atoms with Crippen LogP contribution in [-0.4, -0.2) is 39.2 Å². The van der Waals surface area contributed by atoms with Crippen LogP contribution in [0.1, 0.15) is 13.3 Å². The van der Waals surface area contributed by atoms with Crippen LogP contribution in [0.4, 0.5) is 17.1 Å². The van der Waals surface area contributed by atoms with E-state index in [-0.39, 0.29) is 12.2 Å². The second-order valence-electron chi connectivity index (χ2n) is 4.44. The van der Waals surface area contributed by atoms with E-state index < -0.39 is 14.9 Å². The molecule has 3 N–H and O–H groups in total. The summed E-state index contributed by atoms with van der Waals surface area (Å²) in [5.41, 5.74) is 0.870. The summed E-state index contributed by atoms with van der Waals surface area (Å²) in [5, 5.41) is 17.1. The molecule has 0 bridgehead atoms. The number of hydrogen-bond donors (Lipinski definition) is 3. The van der Waals surface area contributed by atoms with Crippen LogP contribution in [0.2, 0.25) is 0 Å². The molecule has 9 heteroatoms. The first-order valence-electron chi connectivity index (χ1n) is 6.55. The molecule has 0 unspecified atom stereocenters. The van der Waals surface area contributed by atoms with E-state index in [2.05, 4.69) is 15.4 Å². The monoisotopic (exact) mass is 316 g/mol. The number of anilines is 2. The van der Waals surface area contributed by atoms with Crippen LogP contribution in [0.5, 0.6) is 0 Å². The molecule has 1 rings (SSSR count). The molecule has 0 amide bonds. The topological polar surface area (TPSA) is 113 Å². The van der Waals surface area contributed by atoms with Gasteiger partial charge in [0.15, 0.2) is 0 Å². The predicted molar refractivity (Wildman–Crippen MR) is 83.2 cm³/mol. The van der Waals surface area contributed by atoms with Crippen molar-refractivity contribution in [2.75, 3.05) is 36.5 Å². The van der Waals surface area contributed by atoms with Crippen molar-refractivity contribution in [2.24, 2.45) is 0 Å². The Kier molecular flexibility index (Phi) is 6.38. The Labute approximate surface area is 124 Å². The Hall–Kier alpha value is -1.87. The smallest absolute Gasteiger partial charge is 0.315 e. The highest BCUT2D eigenvalue weighted by Crippen LogP contribution is 2.32. The lowest BCUT2D eigenvalue weighted by Crippen LogP contribution is -2.24. The lowest BCUT2D eigenvalue weighted by atomic mass is 10.2. The van der Waals surface area contributed by atoms with Crippen LogP contribution >= 0.6 is 0 Å². The van der Waals surface area contributed by atoms with E-state index in [1.807, 2.05) is 6.92 Å². The number of benzene rings is 1. The standard InChI is InChI=1S/C12H20N4O4S/c1-3-13-10-6-4-7-11(12(10)16(17)18)14-8-5-9-15-21(2,19)20/h4,6-7,13-15H,3,5,8-9H2,1-2H3. The number of nitro groups is 1. The molecule has 21 heavy (non-hydrogen) atoms. The number of nitrogens with zero attached hydrogens (tertiary/aromatic N) is 1. The van der Waals surface area contributed by atoms with Crippen molar-refractivity contribution in [1.82, 2.24) is 4.72 Å². The van der Waals surface area contributed by atoms with Crippen LogP contribution in [0.15, 0.2) is 18.2 Å². The average molecular weight is 316 g/mol. The fourth-order valence-corrected chi connectivity index (χ4v) is 2.30. The molecule has 0 saturated carbocycles. The van der Waals surface area contributed by atoms with Gasteiger partial charge >= 0.3 is 5.69 Å². The highest BCUT2D eigenvalue weighted by Gasteiger charge is 2.18. The van der Waals surface area contributed by atoms with Crippen LogP contribution in [0.3, 0.4) is 0 Å². The summed E-state index contributed by atoms with van der Waals surface area (Å²) in [6.45, 7) is 3.16. The number of para-hydroxylation sites is 1. The minimum Gasteiger partial charge on any atom is -0.380 e. The molecule has 0 aliphatic heterocycles. The average Bonchev–Trinajstić information content (AvgIpc) is 2.37. The van der Waals surface area contributed by atoms with Crippen molar-refractivity contribution in [3.63, 3.8) is 0 Å². The van der Waals surface area contributed by atoms with Gasteiger partial charge in [-0.2, -0.15) is 0 Å². The first-order valence-corrected chi connectivity index (χ1v) is 8.44. The molecule has 0 heterocycles. The second kappa shape index (κ2) is 7.79. The Balaban J connectivity index is 2.66. The van der Waals surface area contributed by atoms with E-state index in [0.29, 0.717) is 30.9 Å². The van der Waals surface area contributed by atoms with Crippen molar-refractivity contribution in [2.45, 2.75) is 13.3 Å². The Bertz CT molecular complexity index is 589. The Morgan fingerprint density at radius 3 is 2.33 bits per heavy atom. The van der Waals surface area contributed by atoms with Gasteiger partial charge in [-0.25, -0.2) is 13.1 Å².